The van der Waals surface area contributed by atoms with E-state index in [2.05, 4.69) is 35.9 Å². The van der Waals surface area contributed by atoms with Crippen molar-refractivity contribution in [2.45, 2.75) is 70.3 Å². The van der Waals surface area contributed by atoms with Gasteiger partial charge in [0.15, 0.2) is 0 Å². The third kappa shape index (κ3) is 8.78. The Morgan fingerprint density at radius 3 is 1.86 bits per heavy atom. The van der Waals surface area contributed by atoms with Crippen molar-refractivity contribution in [1.29, 1.82) is 0 Å². The number of imidazole rings is 2. The lowest BCUT2D eigenvalue weighted by Crippen LogP contribution is -2.60. The van der Waals surface area contributed by atoms with Crippen LogP contribution in [0.25, 0.3) is 0 Å². The number of aliphatic hydroxyl groups excluding tert-OH is 1. The van der Waals surface area contributed by atoms with E-state index in [0.29, 0.717) is 17.8 Å². The van der Waals surface area contributed by atoms with Crippen molar-refractivity contribution in [1.82, 2.24) is 35.9 Å². The van der Waals surface area contributed by atoms with E-state index >= 15 is 0 Å². The number of nitrogens with zero attached hydrogens (tertiary/aromatic N) is 2. The number of H-pyrrole nitrogens is 2. The van der Waals surface area contributed by atoms with Crippen LogP contribution >= 0.6 is 0 Å². The minimum Gasteiger partial charge on any atom is -0.480 e. The van der Waals surface area contributed by atoms with E-state index in [1.165, 1.54) is 32.0 Å². The van der Waals surface area contributed by atoms with Gasteiger partial charge in [0.25, 0.3) is 0 Å². The van der Waals surface area contributed by atoms with Crippen molar-refractivity contribution in [3.05, 3.63) is 36.4 Å². The summed E-state index contributed by atoms with van der Waals surface area (Å²) in [7, 11) is 0. The molecular formula is C22H34N8O6. The maximum Gasteiger partial charge on any atom is 0.326 e. The fourth-order valence-electron chi connectivity index (χ4n) is 3.46. The Balaban J connectivity index is 2.14. The molecule has 0 spiro atoms. The largest absolute Gasteiger partial charge is 0.480 e. The number of aliphatic hydroxyl groups is 1. The molecule has 0 saturated heterocycles. The number of hydrogen-bond acceptors (Lipinski definition) is 8. The van der Waals surface area contributed by atoms with Crippen LogP contribution in [0, 0.1) is 5.92 Å². The van der Waals surface area contributed by atoms with Crippen molar-refractivity contribution in [2.75, 3.05) is 0 Å². The summed E-state index contributed by atoms with van der Waals surface area (Å²) in [5, 5.41) is 27.0. The molecule has 36 heavy (non-hydrogen) atoms. The van der Waals surface area contributed by atoms with Crippen LogP contribution in [0.4, 0.5) is 0 Å². The number of hydrogen-bond donors (Lipinski definition) is 8. The first-order valence-corrected chi connectivity index (χ1v) is 11.5. The van der Waals surface area contributed by atoms with Crippen LogP contribution in [-0.4, -0.2) is 84.1 Å². The van der Waals surface area contributed by atoms with E-state index in [4.69, 9.17) is 5.73 Å². The maximum absolute atomic E-state index is 13.1. The summed E-state index contributed by atoms with van der Waals surface area (Å²) in [6, 6.07) is -4.83. The second kappa shape index (κ2) is 13.3. The monoisotopic (exact) mass is 506 g/mol. The Kier molecular flexibility index (Phi) is 10.5. The number of carboxylic acid groups (broad SMARTS) is 1. The Labute approximate surface area is 207 Å². The molecule has 0 aromatic carbocycles. The van der Waals surface area contributed by atoms with Gasteiger partial charge in [-0.25, -0.2) is 14.8 Å². The normalized spacial score (nSPS) is 15.4. The van der Waals surface area contributed by atoms with Crippen molar-refractivity contribution in [2.24, 2.45) is 11.7 Å². The second-order valence-corrected chi connectivity index (χ2v) is 8.99. The van der Waals surface area contributed by atoms with Crippen molar-refractivity contribution < 1.29 is 29.4 Å². The zero-order valence-corrected chi connectivity index (χ0v) is 20.4. The van der Waals surface area contributed by atoms with Gasteiger partial charge in [-0.2, -0.15) is 0 Å². The Bertz CT molecular complexity index is 992. The van der Waals surface area contributed by atoms with Gasteiger partial charge in [-0.1, -0.05) is 13.8 Å². The molecule has 0 aliphatic carbocycles. The van der Waals surface area contributed by atoms with Gasteiger partial charge in [0, 0.05) is 36.6 Å². The lowest BCUT2D eigenvalue weighted by molar-refractivity contribution is -0.143. The van der Waals surface area contributed by atoms with Crippen molar-refractivity contribution in [3.63, 3.8) is 0 Å². The number of aliphatic carboxylic acids is 1. The molecule has 0 radical (unpaired) electrons. The number of carbonyl (C=O) groups is 4. The third-order valence-electron chi connectivity index (χ3n) is 5.33. The maximum atomic E-state index is 13.1. The molecule has 0 bridgehead atoms. The number of carboxylic acids is 1. The van der Waals surface area contributed by atoms with Gasteiger partial charge >= 0.3 is 5.97 Å². The lowest BCUT2D eigenvalue weighted by Gasteiger charge is -2.26. The summed E-state index contributed by atoms with van der Waals surface area (Å²) < 4.78 is 0. The average molecular weight is 507 g/mol. The highest BCUT2D eigenvalue weighted by Crippen LogP contribution is 2.06. The number of nitrogens with two attached hydrogens (primary N) is 1. The second-order valence-electron chi connectivity index (χ2n) is 8.99. The van der Waals surface area contributed by atoms with Crippen LogP contribution in [0.2, 0.25) is 0 Å². The smallest absolute Gasteiger partial charge is 0.326 e. The summed E-state index contributed by atoms with van der Waals surface area (Å²) in [6.45, 7) is 5.09. The van der Waals surface area contributed by atoms with E-state index < -0.39 is 54.0 Å². The quantitative estimate of drug-likeness (QED) is 0.144. The van der Waals surface area contributed by atoms with E-state index in [0.717, 1.165) is 0 Å². The Morgan fingerprint density at radius 2 is 1.42 bits per heavy atom. The topological polar surface area (TPSA) is 228 Å². The molecule has 2 aromatic rings. The van der Waals surface area contributed by atoms with Gasteiger partial charge < -0.3 is 41.9 Å². The minimum absolute atomic E-state index is 0.0116. The first-order chi connectivity index (χ1) is 17.0. The van der Waals surface area contributed by atoms with E-state index in [1.54, 1.807) is 0 Å². The molecule has 5 unspecified atom stereocenters. The van der Waals surface area contributed by atoms with Crippen LogP contribution < -0.4 is 21.7 Å². The highest BCUT2D eigenvalue weighted by atomic mass is 16.4. The number of amides is 3. The number of aromatic nitrogens is 4. The molecule has 9 N–H and O–H groups in total. The minimum atomic E-state index is -1.49. The predicted octanol–water partition coefficient (Wildman–Crippen LogP) is -1.79. The van der Waals surface area contributed by atoms with Gasteiger partial charge in [0.1, 0.15) is 18.1 Å². The Hall–Kier alpha value is -3.78. The fourth-order valence-corrected chi connectivity index (χ4v) is 3.46. The van der Waals surface area contributed by atoms with Crippen molar-refractivity contribution >= 4 is 23.7 Å². The lowest BCUT2D eigenvalue weighted by atomic mass is 10.0. The first kappa shape index (κ1) is 28.5. The highest BCUT2D eigenvalue weighted by molar-refractivity contribution is 5.94. The SMILES string of the molecule is CC(C)CC(N)C(=O)NC(Cc1cnc[nH]1)C(=O)NC(C(=O)NC(Cc1cnc[nH]1)C(=O)O)C(C)O. The first-order valence-electron chi connectivity index (χ1n) is 11.5. The number of nitrogens with one attached hydrogen (secondary N) is 5. The van der Waals surface area contributed by atoms with Gasteiger partial charge in [-0.05, 0) is 19.3 Å². The van der Waals surface area contributed by atoms with Crippen LogP contribution in [0.3, 0.4) is 0 Å². The zero-order chi connectivity index (χ0) is 26.8. The molecule has 2 rings (SSSR count). The molecule has 0 saturated carbocycles. The summed E-state index contributed by atoms with van der Waals surface area (Å²) in [4.78, 5) is 63.5. The van der Waals surface area contributed by atoms with Crippen LogP contribution in [-0.2, 0) is 32.0 Å². The molecule has 2 heterocycles. The van der Waals surface area contributed by atoms with Gasteiger partial charge in [0.2, 0.25) is 17.7 Å². The molecule has 5 atom stereocenters. The third-order valence-corrected chi connectivity index (χ3v) is 5.33. The summed E-state index contributed by atoms with van der Waals surface area (Å²) >= 11 is 0. The summed E-state index contributed by atoms with van der Waals surface area (Å²) in [5.74, 6) is -3.38. The standard InChI is InChI=1S/C22H34N8O6/c1-11(2)4-15(23)19(32)28-16(5-13-7-24-9-26-13)20(33)30-18(12(3)31)21(34)29-17(22(35)36)6-14-8-25-10-27-14/h7-12,15-18,31H,4-6,23H2,1-3H3,(H,24,26)(H,25,27)(H,28,32)(H,29,34)(H,30,33)(H,35,36). The molecule has 0 aliphatic rings. The number of aromatic amines is 2. The molecule has 2 aromatic heterocycles. The van der Waals surface area contributed by atoms with Crippen LogP contribution in [0.15, 0.2) is 25.0 Å². The summed E-state index contributed by atoms with van der Waals surface area (Å²) in [6.07, 6.45) is 4.63. The molecule has 3 amide bonds. The molecule has 14 nitrogen and oxygen atoms in total. The fraction of sp³-hybridized carbons (Fsp3) is 0.545. The average Bonchev–Trinajstić information content (AvgIpc) is 3.49. The molecular weight excluding hydrogens is 472 g/mol. The highest BCUT2D eigenvalue weighted by Gasteiger charge is 2.33. The zero-order valence-electron chi connectivity index (χ0n) is 20.4. The van der Waals surface area contributed by atoms with Crippen molar-refractivity contribution in [3.8, 4) is 0 Å². The van der Waals surface area contributed by atoms with Crippen LogP contribution in [0.1, 0.15) is 38.6 Å². The molecule has 14 heteroatoms. The van der Waals surface area contributed by atoms with E-state index in [1.807, 2.05) is 13.8 Å². The molecule has 0 aliphatic heterocycles. The van der Waals surface area contributed by atoms with Gasteiger partial charge in [0.05, 0.1) is 24.8 Å². The number of carbonyl (C=O) groups excluding carboxylic acids is 3. The van der Waals surface area contributed by atoms with Gasteiger partial charge in [-0.15, -0.1) is 0 Å². The summed E-state index contributed by atoms with van der Waals surface area (Å²) in [5.41, 5.74) is 6.96. The van der Waals surface area contributed by atoms with Gasteiger partial charge in [-0.3, -0.25) is 14.4 Å². The van der Waals surface area contributed by atoms with Crippen LogP contribution in [0.5, 0.6) is 0 Å². The van der Waals surface area contributed by atoms with E-state index in [9.17, 15) is 29.4 Å². The number of rotatable bonds is 14. The molecule has 0 fully saturated rings. The molecule has 198 valence electrons. The predicted molar refractivity (Wildman–Crippen MR) is 127 cm³/mol. The Morgan fingerprint density at radius 1 is 0.889 bits per heavy atom. The van der Waals surface area contributed by atoms with E-state index in [-0.39, 0.29) is 18.8 Å².